The van der Waals surface area contributed by atoms with Gasteiger partial charge in [-0.15, -0.1) is 0 Å². The van der Waals surface area contributed by atoms with Gasteiger partial charge in [-0.1, -0.05) is 26.0 Å². The van der Waals surface area contributed by atoms with Gasteiger partial charge in [0.1, 0.15) is 0 Å². The Kier molecular flexibility index (Phi) is 6.68. The Labute approximate surface area is 213 Å². The first-order valence-electron chi connectivity index (χ1n) is 13.0. The summed E-state index contributed by atoms with van der Waals surface area (Å²) in [6.07, 6.45) is 3.53. The number of nitrogens with zero attached hydrogens (tertiary/aromatic N) is 2. The van der Waals surface area contributed by atoms with Crippen molar-refractivity contribution in [3.05, 3.63) is 53.6 Å². The molecule has 1 aliphatic carbocycles. The first-order chi connectivity index (χ1) is 17.1. The molecule has 3 aliphatic rings. The van der Waals surface area contributed by atoms with E-state index in [1.807, 2.05) is 36.1 Å². The van der Waals surface area contributed by atoms with Crippen molar-refractivity contribution in [3.63, 3.8) is 0 Å². The molecule has 1 unspecified atom stereocenters. The lowest BCUT2D eigenvalue weighted by molar-refractivity contribution is -0.121. The van der Waals surface area contributed by atoms with Gasteiger partial charge in [0, 0.05) is 42.3 Å². The van der Waals surface area contributed by atoms with Crippen molar-refractivity contribution in [1.29, 1.82) is 0 Å². The number of rotatable bonds is 6. The van der Waals surface area contributed by atoms with Crippen LogP contribution in [0.2, 0.25) is 0 Å². The van der Waals surface area contributed by atoms with E-state index in [-0.39, 0.29) is 34.6 Å². The van der Waals surface area contributed by atoms with Crippen LogP contribution < -0.4 is 10.2 Å². The molecule has 2 aliphatic heterocycles. The average Bonchev–Trinajstić information content (AvgIpc) is 3.66. The number of fused-ring (bicyclic) bond motifs is 1. The third kappa shape index (κ3) is 4.81. The fourth-order valence-corrected chi connectivity index (χ4v) is 6.85. The molecule has 2 amide bonds. The summed E-state index contributed by atoms with van der Waals surface area (Å²) >= 11 is 0. The minimum absolute atomic E-state index is 0.0434. The molecule has 192 valence electrons. The molecule has 0 bridgehead atoms. The summed E-state index contributed by atoms with van der Waals surface area (Å²) < 4.78 is 28.3. The number of hydrogen-bond donors (Lipinski definition) is 1. The highest BCUT2D eigenvalue weighted by Crippen LogP contribution is 2.40. The van der Waals surface area contributed by atoms with E-state index in [2.05, 4.69) is 19.2 Å². The van der Waals surface area contributed by atoms with E-state index in [4.69, 9.17) is 0 Å². The summed E-state index contributed by atoms with van der Waals surface area (Å²) in [5, 5.41) is 2.98. The van der Waals surface area contributed by atoms with Gasteiger partial charge in [0.25, 0.3) is 0 Å². The van der Waals surface area contributed by atoms with Crippen LogP contribution in [0.3, 0.4) is 0 Å². The molecule has 1 atom stereocenters. The Morgan fingerprint density at radius 1 is 0.944 bits per heavy atom. The molecular weight excluding hydrogens is 474 g/mol. The standard InChI is InChI=1S/C28H35N3O4S/c1-18(2)20-6-8-24(9-7-20)29-27(32)21-12-14-30(15-13-21)36(34,35)25-10-11-26-23(17-25)16-19(3)31(26)28(33)22-4-5-22/h6-11,17-19,21-22H,4-5,12-16H2,1-3H3,(H,29,32). The fraction of sp³-hybridized carbons (Fsp3) is 0.500. The maximum absolute atomic E-state index is 13.4. The Bertz CT molecular complexity index is 1260. The number of carbonyl (C=O) groups is 2. The average molecular weight is 510 g/mol. The number of sulfonamides is 1. The van der Waals surface area contributed by atoms with E-state index >= 15 is 0 Å². The normalized spacial score (nSPS) is 21.0. The minimum atomic E-state index is -3.67. The molecule has 1 saturated heterocycles. The monoisotopic (exact) mass is 509 g/mol. The van der Waals surface area contributed by atoms with Crippen molar-refractivity contribution in [2.45, 2.75) is 69.7 Å². The van der Waals surface area contributed by atoms with Gasteiger partial charge < -0.3 is 10.2 Å². The maximum Gasteiger partial charge on any atom is 0.243 e. The van der Waals surface area contributed by atoms with Crippen LogP contribution in [-0.4, -0.2) is 43.7 Å². The molecule has 36 heavy (non-hydrogen) atoms. The number of amides is 2. The molecular formula is C28H35N3O4S. The highest BCUT2D eigenvalue weighted by Gasteiger charge is 2.40. The van der Waals surface area contributed by atoms with Crippen molar-refractivity contribution in [1.82, 2.24) is 4.31 Å². The van der Waals surface area contributed by atoms with Crippen LogP contribution in [0.25, 0.3) is 0 Å². The Morgan fingerprint density at radius 3 is 2.22 bits per heavy atom. The predicted molar refractivity (Wildman–Crippen MR) is 140 cm³/mol. The lowest BCUT2D eigenvalue weighted by atomic mass is 9.97. The third-order valence-corrected chi connectivity index (χ3v) is 9.63. The van der Waals surface area contributed by atoms with E-state index < -0.39 is 10.0 Å². The van der Waals surface area contributed by atoms with E-state index in [1.54, 1.807) is 18.2 Å². The molecule has 2 heterocycles. The van der Waals surface area contributed by atoms with Crippen molar-refractivity contribution >= 4 is 33.2 Å². The number of piperidine rings is 1. The summed E-state index contributed by atoms with van der Waals surface area (Å²) in [5.41, 5.74) is 3.74. The molecule has 0 spiro atoms. The summed E-state index contributed by atoms with van der Waals surface area (Å²) in [5.74, 6) is 0.437. The summed E-state index contributed by atoms with van der Waals surface area (Å²) in [4.78, 5) is 27.6. The van der Waals surface area contributed by atoms with E-state index in [0.717, 1.165) is 29.8 Å². The summed E-state index contributed by atoms with van der Waals surface area (Å²) in [6, 6.07) is 13.1. The van der Waals surface area contributed by atoms with E-state index in [9.17, 15) is 18.0 Å². The maximum atomic E-state index is 13.4. The zero-order chi connectivity index (χ0) is 25.6. The molecule has 5 rings (SSSR count). The molecule has 0 aromatic heterocycles. The van der Waals surface area contributed by atoms with Crippen molar-refractivity contribution < 1.29 is 18.0 Å². The van der Waals surface area contributed by atoms with Crippen molar-refractivity contribution in [2.24, 2.45) is 11.8 Å². The molecule has 7 nitrogen and oxygen atoms in total. The Morgan fingerprint density at radius 2 is 1.61 bits per heavy atom. The number of carbonyl (C=O) groups excluding carboxylic acids is 2. The SMILES string of the molecule is CC(C)c1ccc(NC(=O)C2CCN(S(=O)(=O)c3ccc4c(c3)CC(C)N4C(=O)C3CC3)CC2)cc1. The molecule has 1 N–H and O–H groups in total. The van der Waals surface area contributed by atoms with Gasteiger partial charge in [-0.05, 0) is 86.4 Å². The van der Waals surface area contributed by atoms with Gasteiger partial charge in [-0.3, -0.25) is 9.59 Å². The zero-order valence-electron chi connectivity index (χ0n) is 21.2. The van der Waals surface area contributed by atoms with Crippen LogP contribution in [0.5, 0.6) is 0 Å². The van der Waals surface area contributed by atoms with Gasteiger partial charge >= 0.3 is 0 Å². The molecule has 1 saturated carbocycles. The highest BCUT2D eigenvalue weighted by molar-refractivity contribution is 7.89. The molecule has 2 aromatic carbocycles. The number of anilines is 2. The van der Waals surface area contributed by atoms with Crippen LogP contribution in [0, 0.1) is 11.8 Å². The largest absolute Gasteiger partial charge is 0.326 e. The van der Waals surface area contributed by atoms with Crippen molar-refractivity contribution in [2.75, 3.05) is 23.3 Å². The lowest BCUT2D eigenvalue weighted by Gasteiger charge is -2.30. The number of benzene rings is 2. The van der Waals surface area contributed by atoms with Crippen LogP contribution in [0.4, 0.5) is 11.4 Å². The quantitative estimate of drug-likeness (QED) is 0.620. The Hall–Kier alpha value is -2.71. The first-order valence-corrected chi connectivity index (χ1v) is 14.5. The number of hydrogen-bond acceptors (Lipinski definition) is 4. The summed E-state index contributed by atoms with van der Waals surface area (Å²) in [6.45, 7) is 6.90. The smallest absolute Gasteiger partial charge is 0.243 e. The second-order valence-corrected chi connectivity index (χ2v) is 12.7. The molecule has 2 aromatic rings. The predicted octanol–water partition coefficient (Wildman–Crippen LogP) is 4.54. The second-order valence-electron chi connectivity index (χ2n) is 10.8. The van der Waals surface area contributed by atoms with Gasteiger partial charge in [0.15, 0.2) is 0 Å². The van der Waals surface area contributed by atoms with Crippen LogP contribution in [0.15, 0.2) is 47.4 Å². The lowest BCUT2D eigenvalue weighted by Crippen LogP contribution is -2.41. The zero-order valence-corrected chi connectivity index (χ0v) is 22.1. The van der Waals surface area contributed by atoms with Gasteiger partial charge in [0.2, 0.25) is 21.8 Å². The van der Waals surface area contributed by atoms with Crippen LogP contribution in [0.1, 0.15) is 63.5 Å². The first kappa shape index (κ1) is 25.0. The fourth-order valence-electron chi connectivity index (χ4n) is 5.33. The molecule has 0 radical (unpaired) electrons. The third-order valence-electron chi connectivity index (χ3n) is 7.74. The van der Waals surface area contributed by atoms with Gasteiger partial charge in [-0.25, -0.2) is 8.42 Å². The molecule has 2 fully saturated rings. The topological polar surface area (TPSA) is 86.8 Å². The van der Waals surface area contributed by atoms with E-state index in [0.29, 0.717) is 38.3 Å². The van der Waals surface area contributed by atoms with Gasteiger partial charge in [0.05, 0.1) is 4.90 Å². The number of nitrogens with one attached hydrogen (secondary N) is 1. The van der Waals surface area contributed by atoms with Crippen LogP contribution >= 0.6 is 0 Å². The van der Waals surface area contributed by atoms with Crippen LogP contribution in [-0.2, 0) is 26.0 Å². The Balaban J connectivity index is 1.22. The summed E-state index contributed by atoms with van der Waals surface area (Å²) in [7, 11) is -3.67. The molecule has 8 heteroatoms. The second kappa shape index (κ2) is 9.63. The minimum Gasteiger partial charge on any atom is -0.326 e. The highest BCUT2D eigenvalue weighted by atomic mass is 32.2. The van der Waals surface area contributed by atoms with E-state index in [1.165, 1.54) is 9.87 Å². The van der Waals surface area contributed by atoms with Crippen molar-refractivity contribution in [3.8, 4) is 0 Å². The van der Waals surface area contributed by atoms with Gasteiger partial charge in [-0.2, -0.15) is 4.31 Å².